The molecule has 0 bridgehead atoms. The zero-order chi connectivity index (χ0) is 15.2. The van der Waals surface area contributed by atoms with E-state index in [2.05, 4.69) is 19.8 Å². The molecule has 2 aromatic rings. The van der Waals surface area contributed by atoms with Crippen molar-refractivity contribution in [1.82, 2.24) is 15.0 Å². The molecule has 21 heavy (non-hydrogen) atoms. The van der Waals surface area contributed by atoms with E-state index in [1.165, 1.54) is 19.1 Å². The molecular weight excluding hydrogens is 294 g/mol. The Labute approximate surface area is 125 Å². The van der Waals surface area contributed by atoms with Gasteiger partial charge in [-0.2, -0.15) is 0 Å². The molecule has 0 aliphatic rings. The summed E-state index contributed by atoms with van der Waals surface area (Å²) in [6, 6.07) is 3.99. The van der Waals surface area contributed by atoms with Crippen molar-refractivity contribution in [2.24, 2.45) is 0 Å². The highest BCUT2D eigenvalue weighted by Crippen LogP contribution is 2.13. The molecule has 0 spiro atoms. The molecular formula is C13H15N3O4S. The zero-order valence-electron chi connectivity index (χ0n) is 11.7. The number of hydrogen-bond donors (Lipinski definition) is 0. The number of aromatic nitrogens is 3. The molecule has 0 saturated heterocycles. The Bertz CT molecular complexity index is 621. The Balaban J connectivity index is 2.20. The standard InChI is InChI=1S/C13H15N3O4S/c1-19-11(17)8-10-12(13(18)20-2)14-15-16(10)6-5-9-4-3-7-21-9/h3-4,7H,5-6,8H2,1-2H3. The van der Waals surface area contributed by atoms with Gasteiger partial charge in [-0.1, -0.05) is 11.3 Å². The highest BCUT2D eigenvalue weighted by atomic mass is 32.1. The second-order valence-corrected chi connectivity index (χ2v) is 5.21. The minimum absolute atomic E-state index is 0.0501. The monoisotopic (exact) mass is 309 g/mol. The summed E-state index contributed by atoms with van der Waals surface area (Å²) in [5.41, 5.74) is 0.458. The molecule has 0 atom stereocenters. The van der Waals surface area contributed by atoms with E-state index in [4.69, 9.17) is 0 Å². The third-order valence-corrected chi connectivity index (χ3v) is 3.84. The van der Waals surface area contributed by atoms with Gasteiger partial charge in [0.1, 0.15) is 0 Å². The number of methoxy groups -OCH3 is 2. The Morgan fingerprint density at radius 3 is 2.76 bits per heavy atom. The second kappa shape index (κ2) is 6.98. The van der Waals surface area contributed by atoms with Crippen molar-refractivity contribution in [2.45, 2.75) is 19.4 Å². The van der Waals surface area contributed by atoms with E-state index in [1.807, 2.05) is 17.5 Å². The summed E-state index contributed by atoms with van der Waals surface area (Å²) >= 11 is 1.64. The van der Waals surface area contributed by atoms with Gasteiger partial charge in [0.2, 0.25) is 0 Å². The molecule has 0 N–H and O–H groups in total. The van der Waals surface area contributed by atoms with Crippen molar-refractivity contribution in [1.29, 1.82) is 0 Å². The Hall–Kier alpha value is -2.22. The van der Waals surface area contributed by atoms with Crippen molar-refractivity contribution in [3.05, 3.63) is 33.8 Å². The predicted molar refractivity (Wildman–Crippen MR) is 75.1 cm³/mol. The summed E-state index contributed by atoms with van der Waals surface area (Å²) in [7, 11) is 2.55. The molecule has 2 rings (SSSR count). The number of rotatable bonds is 6. The third kappa shape index (κ3) is 3.66. The highest BCUT2D eigenvalue weighted by molar-refractivity contribution is 7.09. The lowest BCUT2D eigenvalue weighted by molar-refractivity contribution is -0.139. The lowest BCUT2D eigenvalue weighted by Gasteiger charge is -2.06. The largest absolute Gasteiger partial charge is 0.469 e. The van der Waals surface area contributed by atoms with Crippen molar-refractivity contribution >= 4 is 23.3 Å². The number of nitrogens with zero attached hydrogens (tertiary/aromatic N) is 3. The van der Waals surface area contributed by atoms with Gasteiger partial charge < -0.3 is 9.47 Å². The molecule has 0 aliphatic heterocycles. The van der Waals surface area contributed by atoms with E-state index in [9.17, 15) is 9.59 Å². The normalized spacial score (nSPS) is 10.4. The van der Waals surface area contributed by atoms with Gasteiger partial charge in [0, 0.05) is 17.8 Å². The van der Waals surface area contributed by atoms with Crippen molar-refractivity contribution in [2.75, 3.05) is 14.2 Å². The van der Waals surface area contributed by atoms with Crippen LogP contribution in [-0.4, -0.2) is 41.2 Å². The fraction of sp³-hybridized carbons (Fsp3) is 0.385. The number of carbonyl (C=O) groups excluding carboxylic acids is 2. The average Bonchev–Trinajstić information content (AvgIpc) is 3.14. The lowest BCUT2D eigenvalue weighted by atomic mass is 10.2. The van der Waals surface area contributed by atoms with E-state index in [0.717, 1.165) is 6.42 Å². The van der Waals surface area contributed by atoms with Gasteiger partial charge in [0.15, 0.2) is 5.69 Å². The summed E-state index contributed by atoms with van der Waals surface area (Å²) in [6.45, 7) is 0.525. The van der Waals surface area contributed by atoms with Crippen LogP contribution < -0.4 is 0 Å². The number of thiophene rings is 1. The van der Waals surface area contributed by atoms with Crippen LogP contribution in [-0.2, 0) is 33.7 Å². The molecule has 7 nitrogen and oxygen atoms in total. The maximum Gasteiger partial charge on any atom is 0.360 e. The molecule has 0 saturated carbocycles. The average molecular weight is 309 g/mol. The predicted octanol–water partition coefficient (Wildman–Crippen LogP) is 1.08. The van der Waals surface area contributed by atoms with Gasteiger partial charge in [-0.25, -0.2) is 9.48 Å². The molecule has 0 aromatic carbocycles. The van der Waals surface area contributed by atoms with Gasteiger partial charge in [-0.15, -0.1) is 16.4 Å². The van der Waals surface area contributed by atoms with E-state index < -0.39 is 11.9 Å². The zero-order valence-corrected chi connectivity index (χ0v) is 12.6. The fourth-order valence-electron chi connectivity index (χ4n) is 1.82. The van der Waals surface area contributed by atoms with Crippen LogP contribution in [0.25, 0.3) is 0 Å². The van der Waals surface area contributed by atoms with Gasteiger partial charge in [-0.05, 0) is 11.4 Å². The van der Waals surface area contributed by atoms with Crippen LogP contribution in [0, 0.1) is 0 Å². The number of carbonyl (C=O) groups is 2. The first-order chi connectivity index (χ1) is 10.2. The van der Waals surface area contributed by atoms with Crippen LogP contribution >= 0.6 is 11.3 Å². The van der Waals surface area contributed by atoms with Crippen LogP contribution in [0.3, 0.4) is 0 Å². The summed E-state index contributed by atoms with van der Waals surface area (Å²) in [4.78, 5) is 24.3. The second-order valence-electron chi connectivity index (χ2n) is 4.18. The summed E-state index contributed by atoms with van der Waals surface area (Å²) in [5.74, 6) is -1.07. The van der Waals surface area contributed by atoms with E-state index in [0.29, 0.717) is 12.2 Å². The molecule has 0 aliphatic carbocycles. The van der Waals surface area contributed by atoms with E-state index in [-0.39, 0.29) is 12.1 Å². The number of ether oxygens (including phenoxy) is 2. The molecule has 2 aromatic heterocycles. The highest BCUT2D eigenvalue weighted by Gasteiger charge is 2.22. The Morgan fingerprint density at radius 2 is 2.14 bits per heavy atom. The Kier molecular flexibility index (Phi) is 5.04. The smallest absolute Gasteiger partial charge is 0.360 e. The van der Waals surface area contributed by atoms with Crippen LogP contribution in [0.4, 0.5) is 0 Å². The van der Waals surface area contributed by atoms with Gasteiger partial charge in [0.05, 0.1) is 26.3 Å². The summed E-state index contributed by atoms with van der Waals surface area (Å²) < 4.78 is 10.8. The lowest BCUT2D eigenvalue weighted by Crippen LogP contribution is -2.16. The minimum Gasteiger partial charge on any atom is -0.469 e. The molecule has 112 valence electrons. The first-order valence-electron chi connectivity index (χ1n) is 6.25. The molecule has 0 amide bonds. The summed E-state index contributed by atoms with van der Waals surface area (Å²) in [6.07, 6.45) is 0.675. The number of hydrogen-bond acceptors (Lipinski definition) is 7. The molecule has 0 radical (unpaired) electrons. The van der Waals surface area contributed by atoms with Crippen LogP contribution in [0.5, 0.6) is 0 Å². The number of aryl methyl sites for hydroxylation is 2. The summed E-state index contributed by atoms with van der Waals surface area (Å²) in [5, 5.41) is 9.73. The minimum atomic E-state index is -0.615. The van der Waals surface area contributed by atoms with Crippen LogP contribution in [0.1, 0.15) is 21.1 Å². The van der Waals surface area contributed by atoms with Crippen molar-refractivity contribution in [3.8, 4) is 0 Å². The first-order valence-corrected chi connectivity index (χ1v) is 7.13. The maximum absolute atomic E-state index is 11.7. The molecule has 0 fully saturated rings. The fourth-order valence-corrected chi connectivity index (χ4v) is 2.52. The molecule has 0 unspecified atom stereocenters. The van der Waals surface area contributed by atoms with Gasteiger partial charge in [0.25, 0.3) is 0 Å². The van der Waals surface area contributed by atoms with Gasteiger partial charge in [-0.3, -0.25) is 4.79 Å². The van der Waals surface area contributed by atoms with E-state index in [1.54, 1.807) is 16.0 Å². The van der Waals surface area contributed by atoms with Crippen molar-refractivity contribution < 1.29 is 19.1 Å². The molecule has 2 heterocycles. The maximum atomic E-state index is 11.7. The number of esters is 2. The quantitative estimate of drug-likeness (QED) is 0.743. The SMILES string of the molecule is COC(=O)Cc1c(C(=O)OC)nnn1CCc1cccs1. The third-order valence-electron chi connectivity index (χ3n) is 2.91. The Morgan fingerprint density at radius 1 is 1.33 bits per heavy atom. The first kappa shape index (κ1) is 15.2. The van der Waals surface area contributed by atoms with Crippen LogP contribution in [0.15, 0.2) is 17.5 Å². The topological polar surface area (TPSA) is 83.3 Å². The van der Waals surface area contributed by atoms with E-state index >= 15 is 0 Å². The van der Waals surface area contributed by atoms with Crippen molar-refractivity contribution in [3.63, 3.8) is 0 Å². The molecule has 8 heteroatoms. The van der Waals surface area contributed by atoms with Gasteiger partial charge >= 0.3 is 11.9 Å². The van der Waals surface area contributed by atoms with Crippen LogP contribution in [0.2, 0.25) is 0 Å².